The quantitative estimate of drug-likeness (QED) is 0.914. The highest BCUT2D eigenvalue weighted by atomic mass is 19.4. The largest absolute Gasteiger partial charge is 0.411 e. The average Bonchev–Trinajstić information content (AvgIpc) is 2.94. The SMILES string of the molecule is CCN1CCC(NC(=O)c2ccnn2C2CCC2)(C(F)(F)F)CC1. The van der Waals surface area contributed by atoms with Crippen molar-refractivity contribution in [3.8, 4) is 0 Å². The molecule has 2 fully saturated rings. The minimum atomic E-state index is -4.47. The lowest BCUT2D eigenvalue weighted by molar-refractivity contribution is -0.205. The van der Waals surface area contributed by atoms with Crippen LogP contribution in [0.1, 0.15) is 55.6 Å². The lowest BCUT2D eigenvalue weighted by Crippen LogP contribution is -2.63. The minimum Gasteiger partial charge on any atom is -0.336 e. The zero-order valence-electron chi connectivity index (χ0n) is 13.8. The number of aromatic nitrogens is 2. The fourth-order valence-electron chi connectivity index (χ4n) is 3.43. The van der Waals surface area contributed by atoms with Gasteiger partial charge in [-0.3, -0.25) is 9.48 Å². The van der Waals surface area contributed by atoms with Gasteiger partial charge in [0.15, 0.2) is 0 Å². The molecule has 0 unspecified atom stereocenters. The van der Waals surface area contributed by atoms with Crippen LogP contribution in [0.2, 0.25) is 0 Å². The fourth-order valence-corrected chi connectivity index (χ4v) is 3.43. The maximum atomic E-state index is 13.7. The Hall–Kier alpha value is -1.57. The van der Waals surface area contributed by atoms with Gasteiger partial charge in [-0.05, 0) is 44.7 Å². The molecule has 134 valence electrons. The minimum absolute atomic E-state index is 0.117. The molecule has 1 saturated carbocycles. The van der Waals surface area contributed by atoms with Crippen LogP contribution >= 0.6 is 0 Å². The van der Waals surface area contributed by atoms with E-state index in [1.54, 1.807) is 4.68 Å². The van der Waals surface area contributed by atoms with E-state index in [1.807, 2.05) is 11.8 Å². The van der Waals surface area contributed by atoms with Gasteiger partial charge < -0.3 is 10.2 Å². The Labute approximate surface area is 139 Å². The first-order valence-electron chi connectivity index (χ1n) is 8.51. The summed E-state index contributed by atoms with van der Waals surface area (Å²) < 4.78 is 42.7. The number of amides is 1. The number of piperidine rings is 1. The van der Waals surface area contributed by atoms with Crippen LogP contribution in [0.15, 0.2) is 12.3 Å². The Morgan fingerprint density at radius 2 is 2.04 bits per heavy atom. The summed E-state index contributed by atoms with van der Waals surface area (Å²) in [5, 5.41) is 6.44. The van der Waals surface area contributed by atoms with Gasteiger partial charge in [0.2, 0.25) is 0 Å². The Morgan fingerprint density at radius 1 is 1.38 bits per heavy atom. The smallest absolute Gasteiger partial charge is 0.336 e. The van der Waals surface area contributed by atoms with Crippen LogP contribution in [-0.2, 0) is 0 Å². The van der Waals surface area contributed by atoms with Crippen molar-refractivity contribution in [2.45, 2.75) is 56.8 Å². The molecular weight excluding hydrogens is 321 g/mol. The van der Waals surface area contributed by atoms with Gasteiger partial charge in [0.25, 0.3) is 5.91 Å². The van der Waals surface area contributed by atoms with Crippen LogP contribution in [0.3, 0.4) is 0 Å². The van der Waals surface area contributed by atoms with Crippen LogP contribution in [0, 0.1) is 0 Å². The zero-order valence-corrected chi connectivity index (χ0v) is 13.8. The van der Waals surface area contributed by atoms with Crippen LogP contribution in [0.25, 0.3) is 0 Å². The summed E-state index contributed by atoms with van der Waals surface area (Å²) in [5.74, 6) is -0.679. The Bertz CT molecular complexity index is 586. The summed E-state index contributed by atoms with van der Waals surface area (Å²) in [7, 11) is 0. The summed E-state index contributed by atoms with van der Waals surface area (Å²) in [5.41, 5.74) is -1.92. The molecule has 2 aliphatic rings. The number of hydrogen-bond acceptors (Lipinski definition) is 3. The van der Waals surface area contributed by atoms with Crippen molar-refractivity contribution in [3.63, 3.8) is 0 Å². The van der Waals surface area contributed by atoms with E-state index in [9.17, 15) is 18.0 Å². The van der Waals surface area contributed by atoms with Crippen molar-refractivity contribution in [1.82, 2.24) is 20.0 Å². The summed E-state index contributed by atoms with van der Waals surface area (Å²) >= 11 is 0. The Balaban J connectivity index is 1.78. The first kappa shape index (κ1) is 17.3. The van der Waals surface area contributed by atoms with Crippen molar-refractivity contribution in [1.29, 1.82) is 0 Å². The highest BCUT2D eigenvalue weighted by Gasteiger charge is 2.56. The van der Waals surface area contributed by atoms with Crippen LogP contribution in [0.4, 0.5) is 13.2 Å². The van der Waals surface area contributed by atoms with E-state index in [0.29, 0.717) is 13.1 Å². The maximum absolute atomic E-state index is 13.7. The number of hydrogen-bond donors (Lipinski definition) is 1. The Kier molecular flexibility index (Phi) is 4.59. The third-order valence-electron chi connectivity index (χ3n) is 5.38. The molecule has 1 aromatic heterocycles. The number of carbonyl (C=O) groups is 1. The van der Waals surface area contributed by atoms with Gasteiger partial charge >= 0.3 is 6.18 Å². The maximum Gasteiger partial charge on any atom is 0.411 e. The predicted molar refractivity (Wildman–Crippen MR) is 82.7 cm³/mol. The zero-order chi connectivity index (χ0) is 17.4. The van der Waals surface area contributed by atoms with Crippen LogP contribution < -0.4 is 5.32 Å². The molecule has 1 N–H and O–H groups in total. The third kappa shape index (κ3) is 3.03. The van der Waals surface area contributed by atoms with Gasteiger partial charge in [-0.2, -0.15) is 18.3 Å². The second kappa shape index (κ2) is 6.38. The topological polar surface area (TPSA) is 50.2 Å². The van der Waals surface area contributed by atoms with E-state index in [0.717, 1.165) is 25.8 Å². The van der Waals surface area contributed by atoms with E-state index < -0.39 is 17.6 Å². The third-order valence-corrected chi connectivity index (χ3v) is 5.38. The molecular formula is C16H23F3N4O. The highest BCUT2D eigenvalue weighted by molar-refractivity contribution is 5.93. The fraction of sp³-hybridized carbons (Fsp3) is 0.750. The Morgan fingerprint density at radius 3 is 2.54 bits per heavy atom. The number of rotatable bonds is 4. The van der Waals surface area contributed by atoms with Gasteiger partial charge in [-0.1, -0.05) is 6.92 Å². The molecule has 1 aliphatic heterocycles. The van der Waals surface area contributed by atoms with Crippen molar-refractivity contribution in [2.24, 2.45) is 0 Å². The average molecular weight is 344 g/mol. The van der Waals surface area contributed by atoms with Gasteiger partial charge in [-0.25, -0.2) is 0 Å². The van der Waals surface area contributed by atoms with E-state index >= 15 is 0 Å². The predicted octanol–water partition coefficient (Wildman–Crippen LogP) is 2.75. The number of nitrogens with zero attached hydrogens (tertiary/aromatic N) is 3. The summed E-state index contributed by atoms with van der Waals surface area (Å²) in [6.07, 6.45) is -0.334. The first-order chi connectivity index (χ1) is 11.4. The van der Waals surface area contributed by atoms with Crippen LogP contribution in [0.5, 0.6) is 0 Å². The van der Waals surface area contributed by atoms with Crippen molar-refractivity contribution < 1.29 is 18.0 Å². The molecule has 1 amide bonds. The van der Waals surface area contributed by atoms with E-state index in [-0.39, 0.29) is 24.6 Å². The molecule has 1 aliphatic carbocycles. The van der Waals surface area contributed by atoms with Crippen molar-refractivity contribution in [3.05, 3.63) is 18.0 Å². The van der Waals surface area contributed by atoms with E-state index in [2.05, 4.69) is 10.4 Å². The summed E-state index contributed by atoms with van der Waals surface area (Å²) in [6.45, 7) is 3.31. The van der Waals surface area contributed by atoms with E-state index in [1.165, 1.54) is 12.3 Å². The molecule has 24 heavy (non-hydrogen) atoms. The normalized spacial score (nSPS) is 22.2. The van der Waals surface area contributed by atoms with Gasteiger partial charge in [0.05, 0.1) is 6.04 Å². The van der Waals surface area contributed by atoms with Crippen molar-refractivity contribution in [2.75, 3.05) is 19.6 Å². The van der Waals surface area contributed by atoms with Gasteiger partial charge in [-0.15, -0.1) is 0 Å². The number of carbonyl (C=O) groups excluding carboxylic acids is 1. The van der Waals surface area contributed by atoms with Crippen LogP contribution in [-0.4, -0.2) is 51.9 Å². The molecule has 1 aromatic rings. The molecule has 0 spiro atoms. The van der Waals surface area contributed by atoms with Gasteiger partial charge in [0, 0.05) is 19.3 Å². The summed E-state index contributed by atoms with van der Waals surface area (Å²) in [4.78, 5) is 14.5. The monoisotopic (exact) mass is 344 g/mol. The lowest BCUT2D eigenvalue weighted by atomic mass is 9.86. The molecule has 3 rings (SSSR count). The van der Waals surface area contributed by atoms with E-state index in [4.69, 9.17) is 0 Å². The molecule has 1 saturated heterocycles. The number of nitrogens with one attached hydrogen (secondary N) is 1. The molecule has 2 heterocycles. The lowest BCUT2D eigenvalue weighted by Gasteiger charge is -2.43. The first-order valence-corrected chi connectivity index (χ1v) is 8.51. The number of halogens is 3. The van der Waals surface area contributed by atoms with Crippen molar-refractivity contribution >= 4 is 5.91 Å². The second-order valence-electron chi connectivity index (χ2n) is 6.71. The molecule has 0 atom stereocenters. The molecule has 0 radical (unpaired) electrons. The molecule has 5 nitrogen and oxygen atoms in total. The second-order valence-corrected chi connectivity index (χ2v) is 6.71. The molecule has 8 heteroatoms. The summed E-state index contributed by atoms with van der Waals surface area (Å²) in [6, 6.07) is 1.63. The highest BCUT2D eigenvalue weighted by Crippen LogP contribution is 2.39. The number of alkyl halides is 3. The number of likely N-dealkylation sites (tertiary alicyclic amines) is 1. The molecule has 0 bridgehead atoms. The standard InChI is InChI=1S/C16H23F3N4O/c1-2-22-10-7-15(8-11-22,16(17,18)19)21-14(24)13-6-9-20-23(13)12-4-3-5-12/h6,9,12H,2-5,7-8,10-11H2,1H3,(H,21,24). The molecule has 0 aromatic carbocycles. The van der Waals surface area contributed by atoms with Gasteiger partial charge in [0.1, 0.15) is 11.2 Å².